The zero-order chi connectivity index (χ0) is 17.0. The Kier molecular flexibility index (Phi) is 5.80. The second-order valence-corrected chi connectivity index (χ2v) is 6.67. The van der Waals surface area contributed by atoms with E-state index in [2.05, 4.69) is 5.32 Å². The molecule has 0 aliphatic carbocycles. The van der Waals surface area contributed by atoms with E-state index < -0.39 is 0 Å². The predicted molar refractivity (Wildman–Crippen MR) is 95.6 cm³/mol. The predicted octanol–water partition coefficient (Wildman–Crippen LogP) is 3.80. The number of rotatable bonds is 5. The van der Waals surface area contributed by atoms with Crippen molar-refractivity contribution in [2.75, 3.05) is 18.0 Å². The molecule has 0 atom stereocenters. The van der Waals surface area contributed by atoms with E-state index in [4.69, 9.17) is 11.6 Å². The number of aryl methyl sites for hydroxylation is 2. The quantitative estimate of drug-likeness (QED) is 0.891. The van der Waals surface area contributed by atoms with Gasteiger partial charge < -0.3 is 10.2 Å². The van der Waals surface area contributed by atoms with Crippen molar-refractivity contribution >= 4 is 40.4 Å². The molecule has 0 aliphatic heterocycles. The summed E-state index contributed by atoms with van der Waals surface area (Å²) in [5, 5.41) is 5.22. The Morgan fingerprint density at radius 1 is 1.30 bits per heavy atom. The summed E-state index contributed by atoms with van der Waals surface area (Å²) in [5.74, 6) is -0.237. The van der Waals surface area contributed by atoms with Crippen molar-refractivity contribution in [1.29, 1.82) is 0 Å². The maximum atomic E-state index is 12.0. The number of carbonyl (C=O) groups is 2. The molecule has 1 heterocycles. The molecule has 0 unspecified atom stereocenters. The van der Waals surface area contributed by atoms with Crippen molar-refractivity contribution in [3.63, 3.8) is 0 Å². The number of anilines is 1. The summed E-state index contributed by atoms with van der Waals surface area (Å²) in [4.78, 5) is 26.2. The monoisotopic (exact) mass is 350 g/mol. The Labute approximate surface area is 145 Å². The summed E-state index contributed by atoms with van der Waals surface area (Å²) in [6, 6.07) is 7.42. The van der Waals surface area contributed by atoms with Crippen LogP contribution in [0.25, 0.3) is 0 Å². The first-order valence-corrected chi connectivity index (χ1v) is 8.52. The summed E-state index contributed by atoms with van der Waals surface area (Å²) in [6.07, 6.45) is 0. The number of nitrogens with zero attached hydrogens (tertiary/aromatic N) is 1. The first-order valence-electron chi connectivity index (χ1n) is 7.26. The molecule has 0 bridgehead atoms. The van der Waals surface area contributed by atoms with Gasteiger partial charge in [-0.05, 0) is 42.5 Å². The van der Waals surface area contributed by atoms with Crippen LogP contribution in [-0.2, 0) is 4.79 Å². The van der Waals surface area contributed by atoms with Gasteiger partial charge in [-0.25, -0.2) is 0 Å². The third kappa shape index (κ3) is 4.33. The molecule has 0 saturated carbocycles. The molecule has 2 aromatic rings. The second kappa shape index (κ2) is 7.62. The summed E-state index contributed by atoms with van der Waals surface area (Å²) in [6.45, 7) is 6.11. The van der Waals surface area contributed by atoms with Gasteiger partial charge in [0.2, 0.25) is 5.91 Å². The van der Waals surface area contributed by atoms with Crippen molar-refractivity contribution in [3.05, 3.63) is 50.7 Å². The zero-order valence-electron chi connectivity index (χ0n) is 13.4. The van der Waals surface area contributed by atoms with Gasteiger partial charge in [-0.1, -0.05) is 23.7 Å². The number of hydrogen-bond donors (Lipinski definition) is 1. The molecular formula is C17H19ClN2O2S. The number of thiophene rings is 1. The lowest BCUT2D eigenvalue weighted by molar-refractivity contribution is -0.116. The van der Waals surface area contributed by atoms with Crippen LogP contribution in [0.3, 0.4) is 0 Å². The molecule has 4 nitrogen and oxygen atoms in total. The van der Waals surface area contributed by atoms with Crippen LogP contribution in [0.4, 0.5) is 5.69 Å². The maximum Gasteiger partial charge on any atom is 0.261 e. The van der Waals surface area contributed by atoms with Gasteiger partial charge in [-0.2, -0.15) is 0 Å². The lowest BCUT2D eigenvalue weighted by Crippen LogP contribution is -2.38. The molecule has 1 aromatic heterocycles. The molecule has 1 N–H and O–H groups in total. The average Bonchev–Trinajstić information content (AvgIpc) is 2.98. The van der Waals surface area contributed by atoms with E-state index in [-0.39, 0.29) is 11.8 Å². The van der Waals surface area contributed by atoms with Gasteiger partial charge >= 0.3 is 0 Å². The van der Waals surface area contributed by atoms with Gasteiger partial charge in [0.25, 0.3) is 5.91 Å². The highest BCUT2D eigenvalue weighted by molar-refractivity contribution is 7.12. The minimum atomic E-state index is -0.129. The van der Waals surface area contributed by atoms with Gasteiger partial charge in [0.1, 0.15) is 0 Å². The van der Waals surface area contributed by atoms with Crippen LogP contribution in [0.5, 0.6) is 0 Å². The molecule has 2 rings (SSSR count). The van der Waals surface area contributed by atoms with Gasteiger partial charge in [-0.3, -0.25) is 9.59 Å². The lowest BCUT2D eigenvalue weighted by Gasteiger charge is -2.24. The SMILES string of the molecule is CC(=O)N(CCNC(=O)c1cccs1)c1c(C)cc(C)cc1Cl. The normalized spacial score (nSPS) is 10.4. The third-order valence-corrected chi connectivity index (χ3v) is 4.57. The Hall–Kier alpha value is -1.85. The van der Waals surface area contributed by atoms with Crippen LogP contribution in [0.15, 0.2) is 29.6 Å². The smallest absolute Gasteiger partial charge is 0.261 e. The van der Waals surface area contributed by atoms with Crippen molar-refractivity contribution in [2.45, 2.75) is 20.8 Å². The maximum absolute atomic E-state index is 12.0. The summed E-state index contributed by atoms with van der Waals surface area (Å²) in [5.41, 5.74) is 2.69. The van der Waals surface area contributed by atoms with Gasteiger partial charge in [0.15, 0.2) is 0 Å². The molecule has 0 spiro atoms. The molecule has 0 fully saturated rings. The summed E-state index contributed by atoms with van der Waals surface area (Å²) < 4.78 is 0. The molecule has 6 heteroatoms. The van der Waals surface area contributed by atoms with Crippen LogP contribution in [0.2, 0.25) is 5.02 Å². The van der Waals surface area contributed by atoms with Crippen LogP contribution in [-0.4, -0.2) is 24.9 Å². The zero-order valence-corrected chi connectivity index (χ0v) is 14.9. The Bertz CT molecular complexity index is 690. The first kappa shape index (κ1) is 17.5. The van der Waals surface area contributed by atoms with Crippen molar-refractivity contribution < 1.29 is 9.59 Å². The standard InChI is InChI=1S/C17H19ClN2O2S/c1-11-9-12(2)16(14(18)10-11)20(13(3)21)7-6-19-17(22)15-5-4-8-23-15/h4-5,8-10H,6-7H2,1-3H3,(H,19,22). The number of benzene rings is 1. The van der Waals surface area contributed by atoms with E-state index in [1.54, 1.807) is 11.0 Å². The molecular weight excluding hydrogens is 332 g/mol. The molecule has 23 heavy (non-hydrogen) atoms. The highest BCUT2D eigenvalue weighted by atomic mass is 35.5. The van der Waals surface area contributed by atoms with E-state index in [0.717, 1.165) is 11.1 Å². The van der Waals surface area contributed by atoms with E-state index in [0.29, 0.717) is 28.7 Å². The van der Waals surface area contributed by atoms with E-state index in [1.165, 1.54) is 18.3 Å². The molecule has 0 radical (unpaired) electrons. The molecule has 0 aliphatic rings. The van der Waals surface area contributed by atoms with Gasteiger partial charge in [0.05, 0.1) is 15.6 Å². The van der Waals surface area contributed by atoms with Crippen molar-refractivity contribution in [1.82, 2.24) is 5.32 Å². The number of halogens is 1. The third-order valence-electron chi connectivity index (χ3n) is 3.41. The van der Waals surface area contributed by atoms with E-state index in [1.807, 2.05) is 37.4 Å². The average molecular weight is 351 g/mol. The van der Waals surface area contributed by atoms with Gasteiger partial charge in [-0.15, -0.1) is 11.3 Å². The fourth-order valence-corrected chi connectivity index (χ4v) is 3.52. The van der Waals surface area contributed by atoms with Crippen LogP contribution in [0, 0.1) is 13.8 Å². The topological polar surface area (TPSA) is 49.4 Å². The number of hydrogen-bond acceptors (Lipinski definition) is 3. The van der Waals surface area contributed by atoms with Crippen molar-refractivity contribution in [3.8, 4) is 0 Å². The number of nitrogens with one attached hydrogen (secondary N) is 1. The van der Waals surface area contributed by atoms with Crippen molar-refractivity contribution in [2.24, 2.45) is 0 Å². The van der Waals surface area contributed by atoms with Crippen LogP contribution in [0.1, 0.15) is 27.7 Å². The number of carbonyl (C=O) groups excluding carboxylic acids is 2. The Balaban J connectivity index is 2.08. The highest BCUT2D eigenvalue weighted by Gasteiger charge is 2.18. The minimum absolute atomic E-state index is 0.107. The van der Waals surface area contributed by atoms with Crippen LogP contribution >= 0.6 is 22.9 Å². The Morgan fingerprint density at radius 3 is 2.61 bits per heavy atom. The number of amides is 2. The summed E-state index contributed by atoms with van der Waals surface area (Å²) in [7, 11) is 0. The summed E-state index contributed by atoms with van der Waals surface area (Å²) >= 11 is 7.70. The minimum Gasteiger partial charge on any atom is -0.350 e. The van der Waals surface area contributed by atoms with E-state index in [9.17, 15) is 9.59 Å². The highest BCUT2D eigenvalue weighted by Crippen LogP contribution is 2.31. The first-order chi connectivity index (χ1) is 10.9. The molecule has 122 valence electrons. The fourth-order valence-electron chi connectivity index (χ4n) is 2.45. The van der Waals surface area contributed by atoms with E-state index >= 15 is 0 Å². The molecule has 1 aromatic carbocycles. The second-order valence-electron chi connectivity index (χ2n) is 5.32. The fraction of sp³-hybridized carbons (Fsp3) is 0.294. The van der Waals surface area contributed by atoms with Gasteiger partial charge in [0, 0.05) is 20.0 Å². The van der Waals surface area contributed by atoms with Crippen LogP contribution < -0.4 is 10.2 Å². The molecule has 0 saturated heterocycles. The molecule has 2 amide bonds. The Morgan fingerprint density at radius 2 is 2.04 bits per heavy atom. The lowest BCUT2D eigenvalue weighted by atomic mass is 10.1. The largest absolute Gasteiger partial charge is 0.350 e.